The van der Waals surface area contributed by atoms with Crippen molar-refractivity contribution in [3.05, 3.63) is 81.9 Å². The van der Waals surface area contributed by atoms with Gasteiger partial charge in [-0.3, -0.25) is 9.48 Å². The number of aryl methyl sites for hydroxylation is 1. The van der Waals surface area contributed by atoms with Gasteiger partial charge in [-0.15, -0.1) is 0 Å². The number of benzene rings is 2. The summed E-state index contributed by atoms with van der Waals surface area (Å²) in [5, 5.41) is 7.71. The number of amides is 1. The first-order valence-corrected chi connectivity index (χ1v) is 8.18. The SMILES string of the molecule is Cc1nn(Cc2cccc(F)c2)c(C)c1NC(=O)c1ccccc1Cl. The summed E-state index contributed by atoms with van der Waals surface area (Å²) in [6, 6.07) is 13.2. The predicted octanol–water partition coefficient (Wildman–Crippen LogP) is 4.59. The van der Waals surface area contributed by atoms with Crippen molar-refractivity contribution in [2.45, 2.75) is 20.4 Å². The van der Waals surface area contributed by atoms with Crippen LogP contribution in [-0.2, 0) is 6.54 Å². The van der Waals surface area contributed by atoms with Gasteiger partial charge in [-0.05, 0) is 43.7 Å². The van der Waals surface area contributed by atoms with Gasteiger partial charge in [0, 0.05) is 0 Å². The molecule has 0 fully saturated rings. The Morgan fingerprint density at radius 2 is 1.96 bits per heavy atom. The molecule has 0 spiro atoms. The number of hydrogen-bond acceptors (Lipinski definition) is 2. The van der Waals surface area contributed by atoms with Gasteiger partial charge in [0.1, 0.15) is 5.82 Å². The molecule has 2 aromatic carbocycles. The van der Waals surface area contributed by atoms with Crippen LogP contribution in [0, 0.1) is 19.7 Å². The average molecular weight is 358 g/mol. The maximum absolute atomic E-state index is 13.4. The number of carbonyl (C=O) groups is 1. The fraction of sp³-hybridized carbons (Fsp3) is 0.158. The van der Waals surface area contributed by atoms with Gasteiger partial charge in [-0.25, -0.2) is 4.39 Å². The van der Waals surface area contributed by atoms with Gasteiger partial charge in [0.05, 0.1) is 34.2 Å². The number of anilines is 1. The molecule has 25 heavy (non-hydrogen) atoms. The molecular weight excluding hydrogens is 341 g/mol. The van der Waals surface area contributed by atoms with Crippen LogP contribution in [0.15, 0.2) is 48.5 Å². The zero-order valence-electron chi connectivity index (χ0n) is 13.9. The van der Waals surface area contributed by atoms with E-state index in [0.29, 0.717) is 28.5 Å². The van der Waals surface area contributed by atoms with E-state index in [1.165, 1.54) is 12.1 Å². The topological polar surface area (TPSA) is 46.9 Å². The van der Waals surface area contributed by atoms with E-state index in [0.717, 1.165) is 11.3 Å². The zero-order chi connectivity index (χ0) is 18.0. The highest BCUT2D eigenvalue weighted by molar-refractivity contribution is 6.34. The quantitative estimate of drug-likeness (QED) is 0.742. The number of rotatable bonds is 4. The Hall–Kier alpha value is -2.66. The summed E-state index contributed by atoms with van der Waals surface area (Å²) >= 11 is 6.08. The summed E-state index contributed by atoms with van der Waals surface area (Å²) in [4.78, 5) is 12.5. The van der Waals surface area contributed by atoms with Crippen LogP contribution in [-0.4, -0.2) is 15.7 Å². The molecule has 0 aliphatic carbocycles. The van der Waals surface area contributed by atoms with Gasteiger partial charge in [0.15, 0.2) is 0 Å². The van der Waals surface area contributed by atoms with Crippen molar-refractivity contribution in [1.29, 1.82) is 0 Å². The fourth-order valence-corrected chi connectivity index (χ4v) is 2.89. The van der Waals surface area contributed by atoms with Gasteiger partial charge >= 0.3 is 0 Å². The van der Waals surface area contributed by atoms with Crippen LogP contribution in [0.3, 0.4) is 0 Å². The molecule has 0 bridgehead atoms. The van der Waals surface area contributed by atoms with Crippen molar-refractivity contribution in [3.8, 4) is 0 Å². The summed E-state index contributed by atoms with van der Waals surface area (Å²) in [5.41, 5.74) is 3.33. The maximum Gasteiger partial charge on any atom is 0.257 e. The van der Waals surface area contributed by atoms with Gasteiger partial charge in [-0.1, -0.05) is 35.9 Å². The smallest absolute Gasteiger partial charge is 0.257 e. The molecule has 6 heteroatoms. The van der Waals surface area contributed by atoms with Crippen molar-refractivity contribution >= 4 is 23.2 Å². The van der Waals surface area contributed by atoms with E-state index in [1.54, 1.807) is 35.0 Å². The Bertz CT molecular complexity index is 936. The van der Waals surface area contributed by atoms with Crippen molar-refractivity contribution in [1.82, 2.24) is 9.78 Å². The molecule has 128 valence electrons. The lowest BCUT2D eigenvalue weighted by Gasteiger charge is -2.08. The minimum atomic E-state index is -0.290. The highest BCUT2D eigenvalue weighted by atomic mass is 35.5. The lowest BCUT2D eigenvalue weighted by molar-refractivity contribution is 0.102. The average Bonchev–Trinajstić information content (AvgIpc) is 2.83. The molecule has 4 nitrogen and oxygen atoms in total. The minimum absolute atomic E-state index is 0.286. The van der Waals surface area contributed by atoms with Crippen LogP contribution in [0.5, 0.6) is 0 Å². The second-order valence-electron chi connectivity index (χ2n) is 5.77. The summed E-state index contributed by atoms with van der Waals surface area (Å²) in [7, 11) is 0. The van der Waals surface area contributed by atoms with Crippen LogP contribution >= 0.6 is 11.6 Å². The monoisotopic (exact) mass is 357 g/mol. The summed E-state index contributed by atoms with van der Waals surface area (Å²) < 4.78 is 15.1. The second kappa shape index (κ2) is 7.07. The lowest BCUT2D eigenvalue weighted by atomic mass is 10.2. The zero-order valence-corrected chi connectivity index (χ0v) is 14.6. The predicted molar refractivity (Wildman–Crippen MR) is 96.6 cm³/mol. The van der Waals surface area contributed by atoms with Crippen molar-refractivity contribution in [2.75, 3.05) is 5.32 Å². The Labute approximate surface area is 150 Å². The molecular formula is C19H17ClFN3O. The first-order chi connectivity index (χ1) is 12.0. The number of nitrogens with one attached hydrogen (secondary N) is 1. The number of halogens is 2. The van der Waals surface area contributed by atoms with Crippen molar-refractivity contribution in [3.63, 3.8) is 0 Å². The largest absolute Gasteiger partial charge is 0.319 e. The summed E-state index contributed by atoms with van der Waals surface area (Å²) in [6.07, 6.45) is 0. The number of hydrogen-bond donors (Lipinski definition) is 1. The molecule has 0 unspecified atom stereocenters. The van der Waals surface area contributed by atoms with E-state index < -0.39 is 0 Å². The van der Waals surface area contributed by atoms with Crippen LogP contribution in [0.2, 0.25) is 5.02 Å². The molecule has 1 heterocycles. The molecule has 1 N–H and O–H groups in total. The molecule has 3 aromatic rings. The molecule has 3 rings (SSSR count). The number of carbonyl (C=O) groups excluding carboxylic acids is 1. The molecule has 0 aliphatic heterocycles. The third-order valence-electron chi connectivity index (χ3n) is 3.96. The minimum Gasteiger partial charge on any atom is -0.319 e. The van der Waals surface area contributed by atoms with Gasteiger partial charge in [0.25, 0.3) is 5.91 Å². The van der Waals surface area contributed by atoms with Crippen LogP contribution in [0.1, 0.15) is 27.3 Å². The molecule has 0 aliphatic rings. The first-order valence-electron chi connectivity index (χ1n) is 7.80. The Morgan fingerprint density at radius 3 is 2.68 bits per heavy atom. The molecule has 0 atom stereocenters. The molecule has 0 radical (unpaired) electrons. The van der Waals surface area contributed by atoms with Crippen LogP contribution < -0.4 is 5.32 Å². The molecule has 0 saturated heterocycles. The Kier molecular flexibility index (Phi) is 4.86. The third kappa shape index (κ3) is 3.72. The number of nitrogens with zero attached hydrogens (tertiary/aromatic N) is 2. The highest BCUT2D eigenvalue weighted by Crippen LogP contribution is 2.23. The van der Waals surface area contributed by atoms with E-state index in [-0.39, 0.29) is 11.7 Å². The summed E-state index contributed by atoms with van der Waals surface area (Å²) in [5.74, 6) is -0.576. The van der Waals surface area contributed by atoms with E-state index in [2.05, 4.69) is 10.4 Å². The van der Waals surface area contributed by atoms with E-state index in [4.69, 9.17) is 11.6 Å². The molecule has 0 saturated carbocycles. The van der Waals surface area contributed by atoms with Crippen molar-refractivity contribution < 1.29 is 9.18 Å². The highest BCUT2D eigenvalue weighted by Gasteiger charge is 2.17. The lowest BCUT2D eigenvalue weighted by Crippen LogP contribution is -2.14. The van der Waals surface area contributed by atoms with E-state index >= 15 is 0 Å². The molecule has 1 aromatic heterocycles. The van der Waals surface area contributed by atoms with Gasteiger partial charge in [-0.2, -0.15) is 5.10 Å². The van der Waals surface area contributed by atoms with Crippen LogP contribution in [0.4, 0.5) is 10.1 Å². The Morgan fingerprint density at radius 1 is 1.20 bits per heavy atom. The maximum atomic E-state index is 13.4. The summed E-state index contributed by atoms with van der Waals surface area (Å²) in [6.45, 7) is 4.10. The third-order valence-corrected chi connectivity index (χ3v) is 4.29. The normalized spacial score (nSPS) is 10.7. The second-order valence-corrected chi connectivity index (χ2v) is 6.17. The Balaban J connectivity index is 1.85. The fourth-order valence-electron chi connectivity index (χ4n) is 2.67. The first kappa shape index (κ1) is 17.2. The number of aromatic nitrogens is 2. The van der Waals surface area contributed by atoms with Gasteiger partial charge in [0.2, 0.25) is 0 Å². The van der Waals surface area contributed by atoms with E-state index in [1.807, 2.05) is 19.9 Å². The van der Waals surface area contributed by atoms with Crippen molar-refractivity contribution in [2.24, 2.45) is 0 Å². The van der Waals surface area contributed by atoms with E-state index in [9.17, 15) is 9.18 Å². The van der Waals surface area contributed by atoms with Gasteiger partial charge < -0.3 is 5.32 Å². The van der Waals surface area contributed by atoms with Crippen LogP contribution in [0.25, 0.3) is 0 Å². The molecule has 1 amide bonds. The standard InChI is InChI=1S/C19H17ClFN3O/c1-12-18(22-19(25)16-8-3-4-9-17(16)20)13(2)24(23-12)11-14-6-5-7-15(21)10-14/h3-10H,11H2,1-2H3,(H,22,25).